The van der Waals surface area contributed by atoms with E-state index in [0.29, 0.717) is 5.88 Å². The van der Waals surface area contributed by atoms with Crippen molar-refractivity contribution >= 4 is 11.8 Å². The van der Waals surface area contributed by atoms with Crippen molar-refractivity contribution in [3.63, 3.8) is 0 Å². The Kier molecular flexibility index (Phi) is 5.45. The van der Waals surface area contributed by atoms with Crippen LogP contribution in [0.15, 0.2) is 60.1 Å². The minimum Gasteiger partial charge on any atom is -0.481 e. The van der Waals surface area contributed by atoms with Gasteiger partial charge in [0, 0.05) is 18.9 Å². The molecule has 24 heavy (non-hydrogen) atoms. The second-order valence-electron chi connectivity index (χ2n) is 4.99. The molecule has 0 amide bonds. The van der Waals surface area contributed by atoms with Gasteiger partial charge in [0.2, 0.25) is 5.88 Å². The third-order valence-electron chi connectivity index (χ3n) is 3.54. The minimum atomic E-state index is -0.00431. The van der Waals surface area contributed by atoms with Crippen molar-refractivity contribution < 1.29 is 9.47 Å². The molecule has 0 saturated heterocycles. The molecule has 1 aromatic carbocycles. The van der Waals surface area contributed by atoms with E-state index in [1.165, 1.54) is 0 Å². The molecule has 0 radical (unpaired) electrons. The molecule has 0 aliphatic heterocycles. The maximum atomic E-state index is 5.60. The van der Waals surface area contributed by atoms with Gasteiger partial charge in [0.05, 0.1) is 25.1 Å². The molecule has 0 N–H and O–H groups in total. The number of hydrogen-bond acceptors (Lipinski definition) is 6. The van der Waals surface area contributed by atoms with E-state index in [4.69, 9.17) is 9.47 Å². The van der Waals surface area contributed by atoms with Crippen LogP contribution in [0.2, 0.25) is 0 Å². The van der Waals surface area contributed by atoms with Crippen LogP contribution in [0.25, 0.3) is 5.69 Å². The zero-order valence-electron chi connectivity index (χ0n) is 13.5. The van der Waals surface area contributed by atoms with E-state index in [0.717, 1.165) is 22.2 Å². The van der Waals surface area contributed by atoms with Crippen molar-refractivity contribution in [2.24, 2.45) is 0 Å². The number of aromatic nitrogens is 4. The number of pyridine rings is 1. The van der Waals surface area contributed by atoms with E-state index in [1.807, 2.05) is 34.9 Å². The van der Waals surface area contributed by atoms with E-state index in [9.17, 15) is 0 Å². The van der Waals surface area contributed by atoms with Crippen LogP contribution in [0.3, 0.4) is 0 Å². The molecule has 124 valence electrons. The largest absolute Gasteiger partial charge is 0.481 e. The number of thioether (sulfide) groups is 1. The van der Waals surface area contributed by atoms with Gasteiger partial charge in [0.25, 0.3) is 0 Å². The average molecular weight is 342 g/mol. The summed E-state index contributed by atoms with van der Waals surface area (Å²) in [5.41, 5.74) is 2.03. The minimum absolute atomic E-state index is 0.00431. The first kappa shape index (κ1) is 16.5. The summed E-state index contributed by atoms with van der Waals surface area (Å²) in [5, 5.41) is 9.00. The molecule has 0 spiro atoms. The Morgan fingerprint density at radius 1 is 1.12 bits per heavy atom. The van der Waals surface area contributed by atoms with Crippen LogP contribution in [0.1, 0.15) is 11.7 Å². The number of rotatable bonds is 7. The third-order valence-corrected chi connectivity index (χ3v) is 4.55. The molecule has 2 heterocycles. The molecule has 0 fully saturated rings. The van der Waals surface area contributed by atoms with Crippen LogP contribution in [-0.4, -0.2) is 39.7 Å². The topological polar surface area (TPSA) is 62.1 Å². The van der Waals surface area contributed by atoms with Crippen molar-refractivity contribution in [2.75, 3.05) is 20.0 Å². The molecular formula is C17H18N4O2S. The predicted molar refractivity (Wildman–Crippen MR) is 92.6 cm³/mol. The lowest BCUT2D eigenvalue weighted by Gasteiger charge is -2.15. The molecular weight excluding hydrogens is 324 g/mol. The van der Waals surface area contributed by atoms with Gasteiger partial charge in [-0.1, -0.05) is 42.1 Å². The SMILES string of the molecule is COc1ccc(-n2cnnc2SC[C@@H](OC)c2ccccc2)cn1. The van der Waals surface area contributed by atoms with Gasteiger partial charge in [-0.3, -0.25) is 4.57 Å². The second kappa shape index (κ2) is 7.94. The molecule has 0 unspecified atom stereocenters. The molecule has 0 aliphatic rings. The summed E-state index contributed by atoms with van der Waals surface area (Å²) in [6.07, 6.45) is 3.41. The summed E-state index contributed by atoms with van der Waals surface area (Å²) in [5.74, 6) is 1.31. The zero-order chi connectivity index (χ0) is 16.8. The van der Waals surface area contributed by atoms with Crippen LogP contribution in [0.4, 0.5) is 0 Å². The first-order valence-electron chi connectivity index (χ1n) is 7.43. The smallest absolute Gasteiger partial charge is 0.213 e. The summed E-state index contributed by atoms with van der Waals surface area (Å²) >= 11 is 1.59. The van der Waals surface area contributed by atoms with Gasteiger partial charge in [0.1, 0.15) is 6.33 Å². The van der Waals surface area contributed by atoms with Crippen LogP contribution in [-0.2, 0) is 4.74 Å². The maximum absolute atomic E-state index is 5.60. The lowest BCUT2D eigenvalue weighted by atomic mass is 10.1. The standard InChI is InChI=1S/C17H18N4O2S/c1-22-15(13-6-4-3-5-7-13)11-24-17-20-19-12-21(17)14-8-9-16(23-2)18-10-14/h3-10,12,15H,11H2,1-2H3/t15-/m1/s1. The van der Waals surface area contributed by atoms with E-state index in [-0.39, 0.29) is 6.10 Å². The fourth-order valence-corrected chi connectivity index (χ4v) is 3.28. The number of nitrogens with zero attached hydrogens (tertiary/aromatic N) is 4. The second-order valence-corrected chi connectivity index (χ2v) is 5.98. The Balaban J connectivity index is 1.73. The van der Waals surface area contributed by atoms with Gasteiger partial charge in [-0.2, -0.15) is 0 Å². The lowest BCUT2D eigenvalue weighted by Crippen LogP contribution is -2.05. The van der Waals surface area contributed by atoms with Crippen molar-refractivity contribution in [1.82, 2.24) is 19.7 Å². The van der Waals surface area contributed by atoms with Crippen LogP contribution < -0.4 is 4.74 Å². The van der Waals surface area contributed by atoms with Crippen molar-refractivity contribution in [2.45, 2.75) is 11.3 Å². The van der Waals surface area contributed by atoms with Crippen molar-refractivity contribution in [3.05, 3.63) is 60.6 Å². The molecule has 0 aliphatic carbocycles. The van der Waals surface area contributed by atoms with Gasteiger partial charge >= 0.3 is 0 Å². The van der Waals surface area contributed by atoms with Crippen LogP contribution in [0, 0.1) is 0 Å². The molecule has 0 bridgehead atoms. The van der Waals surface area contributed by atoms with Crippen molar-refractivity contribution in [3.8, 4) is 11.6 Å². The van der Waals surface area contributed by atoms with Gasteiger partial charge in [0.15, 0.2) is 5.16 Å². The number of methoxy groups -OCH3 is 2. The summed E-state index contributed by atoms with van der Waals surface area (Å²) in [6, 6.07) is 13.9. The number of hydrogen-bond donors (Lipinski definition) is 0. The van der Waals surface area contributed by atoms with Gasteiger partial charge in [-0.05, 0) is 11.6 Å². The molecule has 0 saturated carbocycles. The number of benzene rings is 1. The third kappa shape index (κ3) is 3.74. The fourth-order valence-electron chi connectivity index (χ4n) is 2.25. The summed E-state index contributed by atoms with van der Waals surface area (Å²) in [7, 11) is 3.31. The highest BCUT2D eigenvalue weighted by atomic mass is 32.2. The van der Waals surface area contributed by atoms with Gasteiger partial charge in [-0.15, -0.1) is 10.2 Å². The molecule has 3 aromatic rings. The Hall–Kier alpha value is -2.38. The first-order valence-corrected chi connectivity index (χ1v) is 8.41. The highest BCUT2D eigenvalue weighted by Gasteiger charge is 2.14. The molecule has 2 aromatic heterocycles. The van der Waals surface area contributed by atoms with Crippen LogP contribution >= 0.6 is 11.8 Å². The van der Waals surface area contributed by atoms with Gasteiger partial charge < -0.3 is 9.47 Å². The monoisotopic (exact) mass is 342 g/mol. The quantitative estimate of drug-likeness (QED) is 0.615. The van der Waals surface area contributed by atoms with E-state index in [1.54, 1.807) is 38.5 Å². The Morgan fingerprint density at radius 3 is 2.62 bits per heavy atom. The normalized spacial score (nSPS) is 12.1. The van der Waals surface area contributed by atoms with Crippen molar-refractivity contribution in [1.29, 1.82) is 0 Å². The Labute approximate surface area is 144 Å². The maximum Gasteiger partial charge on any atom is 0.213 e. The van der Waals surface area contributed by atoms with E-state index >= 15 is 0 Å². The Bertz CT molecular complexity index is 762. The molecule has 3 rings (SSSR count). The zero-order valence-corrected chi connectivity index (χ0v) is 14.3. The summed E-state index contributed by atoms with van der Waals surface area (Å²) in [4.78, 5) is 4.22. The lowest BCUT2D eigenvalue weighted by molar-refractivity contribution is 0.123. The summed E-state index contributed by atoms with van der Waals surface area (Å²) < 4.78 is 12.6. The molecule has 1 atom stereocenters. The molecule has 7 heteroatoms. The highest BCUT2D eigenvalue weighted by molar-refractivity contribution is 7.99. The average Bonchev–Trinajstić information content (AvgIpc) is 3.12. The fraction of sp³-hybridized carbons (Fsp3) is 0.235. The van der Waals surface area contributed by atoms with E-state index < -0.39 is 0 Å². The number of ether oxygens (including phenoxy) is 2. The van der Waals surface area contributed by atoms with Crippen LogP contribution in [0.5, 0.6) is 5.88 Å². The molecule has 6 nitrogen and oxygen atoms in total. The van der Waals surface area contributed by atoms with Gasteiger partial charge in [-0.25, -0.2) is 4.98 Å². The van der Waals surface area contributed by atoms with E-state index in [2.05, 4.69) is 27.3 Å². The highest BCUT2D eigenvalue weighted by Crippen LogP contribution is 2.27. The first-order chi connectivity index (χ1) is 11.8. The Morgan fingerprint density at radius 2 is 1.96 bits per heavy atom. The predicted octanol–water partition coefficient (Wildman–Crippen LogP) is 3.15. The summed E-state index contributed by atoms with van der Waals surface area (Å²) in [6.45, 7) is 0.